The van der Waals surface area contributed by atoms with E-state index in [1.165, 1.54) is 0 Å². The number of anilines is 3. The van der Waals surface area contributed by atoms with Gasteiger partial charge in [-0.15, -0.1) is 5.10 Å². The lowest BCUT2D eigenvalue weighted by Crippen LogP contribution is -2.21. The predicted molar refractivity (Wildman–Crippen MR) is 122 cm³/mol. The second-order valence-electron chi connectivity index (χ2n) is 6.95. The van der Waals surface area contributed by atoms with Crippen LogP contribution in [0.1, 0.15) is 13.8 Å². The van der Waals surface area contributed by atoms with E-state index in [1.807, 2.05) is 18.2 Å². The molecule has 0 aliphatic carbocycles. The lowest BCUT2D eigenvalue weighted by atomic mass is 10.1. The van der Waals surface area contributed by atoms with Crippen LogP contribution in [0.5, 0.6) is 11.5 Å². The monoisotopic (exact) mass is 436 g/mol. The molecule has 2 aromatic carbocycles. The molecule has 9 heteroatoms. The highest BCUT2D eigenvalue weighted by Crippen LogP contribution is 2.32. The summed E-state index contributed by atoms with van der Waals surface area (Å²) in [7, 11) is 3.12. The summed E-state index contributed by atoms with van der Waals surface area (Å²) in [5, 5.41) is 11.7. The fourth-order valence-electron chi connectivity index (χ4n) is 3.44. The molecule has 32 heavy (non-hydrogen) atoms. The minimum Gasteiger partial charge on any atom is -0.497 e. The standard InChI is InChI=1S/C23H24N4O5/c1-5-27(6-2)15-8-7-14-11-17(22(28)31-20(14)12-15)21-25-26-23(32-21)24-18-13-16(29-3)9-10-19(18)30-4/h7-13H,5-6H2,1-4H3,(H,24,26). The summed E-state index contributed by atoms with van der Waals surface area (Å²) < 4.78 is 21.8. The van der Waals surface area contributed by atoms with E-state index in [0.717, 1.165) is 24.2 Å². The molecule has 2 aromatic heterocycles. The smallest absolute Gasteiger partial charge is 0.349 e. The fourth-order valence-corrected chi connectivity index (χ4v) is 3.44. The van der Waals surface area contributed by atoms with Gasteiger partial charge in [-0.3, -0.25) is 0 Å². The highest BCUT2D eigenvalue weighted by molar-refractivity contribution is 5.83. The summed E-state index contributed by atoms with van der Waals surface area (Å²) in [5.74, 6) is 1.25. The molecule has 166 valence electrons. The molecule has 0 saturated carbocycles. The fraction of sp³-hybridized carbons (Fsp3) is 0.261. The third-order valence-corrected chi connectivity index (χ3v) is 5.15. The van der Waals surface area contributed by atoms with Gasteiger partial charge in [0.2, 0.25) is 0 Å². The van der Waals surface area contributed by atoms with Crippen LogP contribution in [0.3, 0.4) is 0 Å². The summed E-state index contributed by atoms with van der Waals surface area (Å²) in [6.07, 6.45) is 0. The van der Waals surface area contributed by atoms with Crippen molar-refractivity contribution in [3.8, 4) is 23.0 Å². The van der Waals surface area contributed by atoms with Crippen molar-refractivity contribution in [2.45, 2.75) is 13.8 Å². The molecule has 2 heterocycles. The van der Waals surface area contributed by atoms with E-state index in [9.17, 15) is 4.79 Å². The van der Waals surface area contributed by atoms with E-state index in [0.29, 0.717) is 22.8 Å². The Morgan fingerprint density at radius 3 is 2.50 bits per heavy atom. The molecule has 0 aliphatic rings. The molecule has 0 radical (unpaired) electrons. The largest absolute Gasteiger partial charge is 0.497 e. The Morgan fingerprint density at radius 1 is 0.969 bits per heavy atom. The molecule has 0 fully saturated rings. The second kappa shape index (κ2) is 9.01. The Kier molecular flexibility index (Phi) is 5.98. The maximum atomic E-state index is 12.6. The lowest BCUT2D eigenvalue weighted by Gasteiger charge is -2.20. The Labute approximate surface area is 184 Å². The zero-order valence-electron chi connectivity index (χ0n) is 18.3. The maximum absolute atomic E-state index is 12.6. The van der Waals surface area contributed by atoms with Crippen molar-refractivity contribution in [1.29, 1.82) is 0 Å². The van der Waals surface area contributed by atoms with Crippen molar-refractivity contribution in [3.63, 3.8) is 0 Å². The molecular weight excluding hydrogens is 412 g/mol. The van der Waals surface area contributed by atoms with Gasteiger partial charge in [0.05, 0.1) is 19.9 Å². The van der Waals surface area contributed by atoms with Crippen molar-refractivity contribution in [2.75, 3.05) is 37.5 Å². The Bertz CT molecular complexity index is 1290. The molecule has 0 saturated heterocycles. The van der Waals surface area contributed by atoms with E-state index in [1.54, 1.807) is 38.5 Å². The number of benzene rings is 2. The average molecular weight is 436 g/mol. The van der Waals surface area contributed by atoms with Gasteiger partial charge in [0, 0.05) is 36.3 Å². The van der Waals surface area contributed by atoms with Crippen LogP contribution >= 0.6 is 0 Å². The summed E-state index contributed by atoms with van der Waals surface area (Å²) in [6, 6.07) is 12.8. The third-order valence-electron chi connectivity index (χ3n) is 5.15. The quantitative estimate of drug-likeness (QED) is 0.401. The number of nitrogens with zero attached hydrogens (tertiary/aromatic N) is 3. The molecule has 0 atom stereocenters. The van der Waals surface area contributed by atoms with Gasteiger partial charge >= 0.3 is 11.6 Å². The van der Waals surface area contributed by atoms with Gasteiger partial charge in [-0.1, -0.05) is 5.10 Å². The third kappa shape index (κ3) is 4.09. The van der Waals surface area contributed by atoms with Crippen LogP contribution in [0.2, 0.25) is 0 Å². The number of ether oxygens (including phenoxy) is 2. The van der Waals surface area contributed by atoms with Gasteiger partial charge in [-0.25, -0.2) is 4.79 Å². The van der Waals surface area contributed by atoms with Gasteiger partial charge in [0.25, 0.3) is 5.89 Å². The Balaban J connectivity index is 1.65. The van der Waals surface area contributed by atoms with Crippen molar-refractivity contribution < 1.29 is 18.3 Å². The van der Waals surface area contributed by atoms with Crippen LogP contribution in [0.15, 0.2) is 56.1 Å². The summed E-state index contributed by atoms with van der Waals surface area (Å²) in [6.45, 7) is 5.88. The first-order valence-electron chi connectivity index (χ1n) is 10.2. The number of hydrogen-bond acceptors (Lipinski definition) is 9. The lowest BCUT2D eigenvalue weighted by molar-refractivity contribution is 0.404. The van der Waals surface area contributed by atoms with Crippen LogP contribution in [0.25, 0.3) is 22.4 Å². The number of rotatable bonds is 8. The number of aromatic nitrogens is 2. The first-order valence-corrected chi connectivity index (χ1v) is 10.2. The molecule has 0 bridgehead atoms. The zero-order chi connectivity index (χ0) is 22.7. The van der Waals surface area contributed by atoms with Crippen LogP contribution in [-0.4, -0.2) is 37.5 Å². The summed E-state index contributed by atoms with van der Waals surface area (Å²) in [4.78, 5) is 14.8. The van der Waals surface area contributed by atoms with Gasteiger partial charge in [0.1, 0.15) is 22.6 Å². The normalized spacial score (nSPS) is 10.9. The number of hydrogen-bond donors (Lipinski definition) is 1. The molecule has 4 aromatic rings. The van der Waals surface area contributed by atoms with Crippen molar-refractivity contribution >= 4 is 28.4 Å². The predicted octanol–water partition coefficient (Wildman–Crippen LogP) is 4.45. The molecule has 9 nitrogen and oxygen atoms in total. The van der Waals surface area contributed by atoms with E-state index in [4.69, 9.17) is 18.3 Å². The first kappa shape index (κ1) is 21.2. The second-order valence-corrected chi connectivity index (χ2v) is 6.95. The molecular formula is C23H24N4O5. The summed E-state index contributed by atoms with van der Waals surface area (Å²) >= 11 is 0. The van der Waals surface area contributed by atoms with Crippen molar-refractivity contribution in [2.24, 2.45) is 0 Å². The van der Waals surface area contributed by atoms with E-state index < -0.39 is 5.63 Å². The van der Waals surface area contributed by atoms with E-state index in [-0.39, 0.29) is 17.5 Å². The van der Waals surface area contributed by atoms with E-state index in [2.05, 4.69) is 34.3 Å². The minimum absolute atomic E-state index is 0.0535. The molecule has 0 aliphatic heterocycles. The SMILES string of the molecule is CCN(CC)c1ccc2cc(-c3nnc(Nc4cc(OC)ccc4OC)o3)c(=O)oc2c1. The van der Waals surface area contributed by atoms with Crippen LogP contribution in [-0.2, 0) is 0 Å². The molecule has 0 amide bonds. The average Bonchev–Trinajstić information content (AvgIpc) is 3.27. The molecule has 0 unspecified atom stereocenters. The van der Waals surface area contributed by atoms with Gasteiger partial charge in [-0.05, 0) is 44.2 Å². The minimum atomic E-state index is -0.552. The Morgan fingerprint density at radius 2 is 1.78 bits per heavy atom. The highest BCUT2D eigenvalue weighted by atomic mass is 16.5. The van der Waals surface area contributed by atoms with Crippen LogP contribution in [0.4, 0.5) is 17.4 Å². The van der Waals surface area contributed by atoms with Crippen molar-refractivity contribution in [3.05, 3.63) is 52.9 Å². The molecule has 4 rings (SSSR count). The topological polar surface area (TPSA) is 103 Å². The van der Waals surface area contributed by atoms with Gasteiger partial charge in [-0.2, -0.15) is 0 Å². The number of fused-ring (bicyclic) bond motifs is 1. The van der Waals surface area contributed by atoms with Crippen molar-refractivity contribution in [1.82, 2.24) is 10.2 Å². The first-order chi connectivity index (χ1) is 15.6. The summed E-state index contributed by atoms with van der Waals surface area (Å²) in [5.41, 5.74) is 1.71. The van der Waals surface area contributed by atoms with E-state index >= 15 is 0 Å². The van der Waals surface area contributed by atoms with Crippen LogP contribution in [0, 0.1) is 0 Å². The Hall–Kier alpha value is -4.01. The highest BCUT2D eigenvalue weighted by Gasteiger charge is 2.17. The number of nitrogens with one attached hydrogen (secondary N) is 1. The molecule has 0 spiro atoms. The van der Waals surface area contributed by atoms with Gasteiger partial charge < -0.3 is 28.5 Å². The van der Waals surface area contributed by atoms with Gasteiger partial charge in [0.15, 0.2) is 0 Å². The number of methoxy groups -OCH3 is 2. The maximum Gasteiger partial charge on any atom is 0.349 e. The molecule has 1 N–H and O–H groups in total. The zero-order valence-corrected chi connectivity index (χ0v) is 18.3. The van der Waals surface area contributed by atoms with Crippen LogP contribution < -0.4 is 25.3 Å².